The monoisotopic (exact) mass is 455 g/mol. The number of morpholine rings is 1. The molecule has 3 aromatic rings. The Morgan fingerprint density at radius 1 is 1.06 bits per heavy atom. The summed E-state index contributed by atoms with van der Waals surface area (Å²) in [5, 5.41) is 7.69. The van der Waals surface area contributed by atoms with Crippen molar-refractivity contribution in [1.29, 1.82) is 0 Å². The van der Waals surface area contributed by atoms with Gasteiger partial charge >= 0.3 is 0 Å². The number of carbonyl (C=O) groups excluding carboxylic acids is 2. The summed E-state index contributed by atoms with van der Waals surface area (Å²) in [5.41, 5.74) is 7.35. The van der Waals surface area contributed by atoms with Crippen LogP contribution in [0.25, 0.3) is 23.4 Å². The van der Waals surface area contributed by atoms with E-state index in [-0.39, 0.29) is 11.8 Å². The minimum absolute atomic E-state index is 0.0341. The van der Waals surface area contributed by atoms with E-state index < -0.39 is 0 Å². The zero-order valence-electron chi connectivity index (χ0n) is 18.8. The van der Waals surface area contributed by atoms with E-state index in [1.807, 2.05) is 52.2 Å². The third kappa shape index (κ3) is 3.70. The Hall–Kier alpha value is -3.78. The molecular formula is C26H25N5O3. The number of benzene rings is 1. The average Bonchev–Trinajstić information content (AvgIpc) is 3.28. The van der Waals surface area contributed by atoms with E-state index in [1.165, 1.54) is 0 Å². The van der Waals surface area contributed by atoms with Crippen molar-refractivity contribution in [3.8, 4) is 11.3 Å². The molecule has 1 aromatic carbocycles. The van der Waals surface area contributed by atoms with Crippen molar-refractivity contribution >= 4 is 24.0 Å². The van der Waals surface area contributed by atoms with Gasteiger partial charge in [0.15, 0.2) is 0 Å². The fraction of sp³-hybridized carbons (Fsp3) is 0.308. The second-order valence-electron chi connectivity index (χ2n) is 8.78. The Bertz CT molecular complexity index is 1300. The van der Waals surface area contributed by atoms with Gasteiger partial charge < -0.3 is 15.0 Å². The van der Waals surface area contributed by atoms with Crippen LogP contribution in [-0.2, 0) is 24.1 Å². The summed E-state index contributed by atoms with van der Waals surface area (Å²) in [7, 11) is 0. The highest BCUT2D eigenvalue weighted by molar-refractivity contribution is 5.97. The van der Waals surface area contributed by atoms with Gasteiger partial charge in [-0.2, -0.15) is 5.10 Å². The molecule has 172 valence electrons. The first kappa shape index (κ1) is 20.8. The molecule has 0 unspecified atom stereocenters. The number of ether oxygens (including phenoxy) is 1. The first-order valence-corrected chi connectivity index (χ1v) is 11.7. The van der Waals surface area contributed by atoms with Crippen LogP contribution in [0.1, 0.15) is 43.2 Å². The smallest absolute Gasteiger partial charge is 0.269 e. The summed E-state index contributed by atoms with van der Waals surface area (Å²) >= 11 is 0. The quantitative estimate of drug-likeness (QED) is 0.655. The lowest BCUT2D eigenvalue weighted by atomic mass is 9.89. The molecule has 1 fully saturated rings. The number of nitrogens with one attached hydrogen (secondary N) is 1. The van der Waals surface area contributed by atoms with E-state index >= 15 is 0 Å². The predicted octanol–water partition coefficient (Wildman–Crippen LogP) is 2.43. The first-order valence-electron chi connectivity index (χ1n) is 11.7. The number of carbonyl (C=O) groups is 2. The SMILES string of the molecule is O=C1NCCn2nc3c(c21)CCc1cnc(C=Cc2ccc(C(=O)N4CCOCC4)cc2)cc1-3. The largest absolute Gasteiger partial charge is 0.378 e. The lowest BCUT2D eigenvalue weighted by Gasteiger charge is -2.26. The summed E-state index contributed by atoms with van der Waals surface area (Å²) in [6.07, 6.45) is 7.53. The maximum Gasteiger partial charge on any atom is 0.269 e. The Balaban J connectivity index is 1.23. The molecule has 2 aliphatic heterocycles. The molecule has 0 bridgehead atoms. The maximum atomic E-state index is 12.6. The van der Waals surface area contributed by atoms with Gasteiger partial charge in [0.25, 0.3) is 11.8 Å². The molecule has 8 heteroatoms. The van der Waals surface area contributed by atoms with E-state index in [0.29, 0.717) is 50.7 Å². The Morgan fingerprint density at radius 3 is 2.71 bits per heavy atom. The third-order valence-corrected chi connectivity index (χ3v) is 6.68. The second-order valence-corrected chi connectivity index (χ2v) is 8.78. The van der Waals surface area contributed by atoms with Gasteiger partial charge in [-0.15, -0.1) is 0 Å². The highest BCUT2D eigenvalue weighted by Crippen LogP contribution is 2.35. The van der Waals surface area contributed by atoms with Crippen LogP contribution in [0, 0.1) is 0 Å². The van der Waals surface area contributed by atoms with Gasteiger partial charge in [-0.05, 0) is 48.2 Å². The summed E-state index contributed by atoms with van der Waals surface area (Å²) in [5.74, 6) is 0.00982. The fourth-order valence-electron chi connectivity index (χ4n) is 4.87. The number of amides is 2. The van der Waals surface area contributed by atoms with Crippen LogP contribution in [0.2, 0.25) is 0 Å². The van der Waals surface area contributed by atoms with Crippen molar-refractivity contribution < 1.29 is 14.3 Å². The van der Waals surface area contributed by atoms with E-state index in [4.69, 9.17) is 9.84 Å². The van der Waals surface area contributed by atoms with Gasteiger partial charge in [0.1, 0.15) is 5.69 Å². The molecule has 8 nitrogen and oxygen atoms in total. The zero-order chi connectivity index (χ0) is 23.1. The molecule has 0 spiro atoms. The number of hydrogen-bond donors (Lipinski definition) is 1. The summed E-state index contributed by atoms with van der Waals surface area (Å²) < 4.78 is 7.17. The molecule has 0 saturated carbocycles. The van der Waals surface area contributed by atoms with Gasteiger partial charge in [0.2, 0.25) is 0 Å². The highest BCUT2D eigenvalue weighted by Gasteiger charge is 2.30. The minimum atomic E-state index is -0.0341. The van der Waals surface area contributed by atoms with Crippen molar-refractivity contribution in [2.45, 2.75) is 19.4 Å². The number of fused-ring (bicyclic) bond motifs is 5. The normalized spacial score (nSPS) is 17.2. The number of aromatic nitrogens is 3. The number of hydrogen-bond acceptors (Lipinski definition) is 5. The molecule has 0 radical (unpaired) electrons. The van der Waals surface area contributed by atoms with Crippen LogP contribution in [0.3, 0.4) is 0 Å². The van der Waals surface area contributed by atoms with E-state index in [9.17, 15) is 9.59 Å². The summed E-state index contributed by atoms with van der Waals surface area (Å²) in [6, 6.07) is 9.68. The molecule has 0 atom stereocenters. The molecule has 6 rings (SSSR count). The van der Waals surface area contributed by atoms with Crippen LogP contribution in [0.15, 0.2) is 36.5 Å². The zero-order valence-corrected chi connectivity index (χ0v) is 18.8. The Kier molecular flexibility index (Phi) is 5.22. The van der Waals surface area contributed by atoms with Crippen LogP contribution in [0.4, 0.5) is 0 Å². The summed E-state index contributed by atoms with van der Waals surface area (Å²) in [6.45, 7) is 3.77. The summed E-state index contributed by atoms with van der Waals surface area (Å²) in [4.78, 5) is 31.5. The molecule has 34 heavy (non-hydrogen) atoms. The molecule has 1 saturated heterocycles. The van der Waals surface area contributed by atoms with Crippen LogP contribution >= 0.6 is 0 Å². The van der Waals surface area contributed by atoms with Gasteiger partial charge in [-0.3, -0.25) is 19.3 Å². The molecule has 2 aromatic heterocycles. The minimum Gasteiger partial charge on any atom is -0.378 e. The van der Waals surface area contributed by atoms with Crippen molar-refractivity contribution in [3.05, 3.63) is 70.2 Å². The van der Waals surface area contributed by atoms with Crippen molar-refractivity contribution in [2.75, 3.05) is 32.8 Å². The van der Waals surface area contributed by atoms with E-state index in [0.717, 1.165) is 46.5 Å². The van der Waals surface area contributed by atoms with E-state index in [2.05, 4.69) is 16.4 Å². The van der Waals surface area contributed by atoms with E-state index in [1.54, 1.807) is 0 Å². The molecule has 4 heterocycles. The van der Waals surface area contributed by atoms with Gasteiger partial charge in [0.05, 0.1) is 31.1 Å². The Morgan fingerprint density at radius 2 is 1.88 bits per heavy atom. The van der Waals surface area contributed by atoms with Crippen LogP contribution < -0.4 is 5.32 Å². The number of aryl methyl sites for hydroxylation is 1. The standard InChI is InChI=1S/C26H25N5O3/c32-25-24-21-8-6-19-16-28-20(15-22(19)23(21)29-31(24)10-9-27-25)7-3-17-1-4-18(5-2-17)26(33)30-11-13-34-14-12-30/h1-5,7,15-16H,6,8-14H2,(H,27,32). The highest BCUT2D eigenvalue weighted by atomic mass is 16.5. The lowest BCUT2D eigenvalue weighted by Crippen LogP contribution is -2.40. The van der Waals surface area contributed by atoms with Crippen molar-refractivity contribution in [1.82, 2.24) is 25.0 Å². The van der Waals surface area contributed by atoms with Gasteiger partial charge in [-0.25, -0.2) is 0 Å². The predicted molar refractivity (Wildman–Crippen MR) is 127 cm³/mol. The molecule has 2 amide bonds. The molecule has 3 aliphatic rings. The topological polar surface area (TPSA) is 89.3 Å². The Labute approximate surface area is 197 Å². The van der Waals surface area contributed by atoms with Crippen LogP contribution in [0.5, 0.6) is 0 Å². The lowest BCUT2D eigenvalue weighted by molar-refractivity contribution is 0.0303. The molecular weight excluding hydrogens is 430 g/mol. The van der Waals surface area contributed by atoms with Gasteiger partial charge in [0, 0.05) is 42.5 Å². The fourth-order valence-corrected chi connectivity index (χ4v) is 4.87. The number of rotatable bonds is 3. The third-order valence-electron chi connectivity index (χ3n) is 6.68. The van der Waals surface area contributed by atoms with Crippen molar-refractivity contribution in [3.63, 3.8) is 0 Å². The second kappa shape index (κ2) is 8.53. The molecule has 1 N–H and O–H groups in total. The van der Waals surface area contributed by atoms with Crippen LogP contribution in [-0.4, -0.2) is 64.3 Å². The maximum absolute atomic E-state index is 12.6. The average molecular weight is 456 g/mol. The number of nitrogens with zero attached hydrogens (tertiary/aromatic N) is 4. The number of pyridine rings is 1. The van der Waals surface area contributed by atoms with Crippen molar-refractivity contribution in [2.24, 2.45) is 0 Å². The van der Waals surface area contributed by atoms with Gasteiger partial charge in [-0.1, -0.05) is 18.2 Å². The molecule has 1 aliphatic carbocycles. The first-order chi connectivity index (χ1) is 16.7.